The van der Waals surface area contributed by atoms with Crippen LogP contribution in [-0.2, 0) is 19.4 Å². The summed E-state index contributed by atoms with van der Waals surface area (Å²) in [5.41, 5.74) is 1.27. The van der Waals surface area contributed by atoms with E-state index in [0.717, 1.165) is 18.7 Å². The van der Waals surface area contributed by atoms with Gasteiger partial charge in [-0.3, -0.25) is 9.69 Å². The predicted molar refractivity (Wildman–Crippen MR) is 104 cm³/mol. The minimum Gasteiger partial charge on any atom is -0.480 e. The first-order valence-corrected chi connectivity index (χ1v) is 11.1. The number of carbonyl (C=O) groups is 2. The maximum atomic E-state index is 12.8. The lowest BCUT2D eigenvalue weighted by Crippen LogP contribution is -2.46. The van der Waals surface area contributed by atoms with Gasteiger partial charge >= 0.3 is 12.1 Å². The summed E-state index contributed by atoms with van der Waals surface area (Å²) in [6.07, 6.45) is -0.847. The summed E-state index contributed by atoms with van der Waals surface area (Å²) < 4.78 is 39.9. The van der Waals surface area contributed by atoms with Gasteiger partial charge in [-0.15, -0.1) is 0 Å². The Labute approximate surface area is 168 Å². The number of carboxylic acids is 1. The summed E-state index contributed by atoms with van der Waals surface area (Å²) in [6.45, 7) is 1.16. The van der Waals surface area contributed by atoms with E-state index in [1.165, 1.54) is 4.90 Å². The first kappa shape index (κ1) is 21.1. The molecule has 0 aromatic heterocycles. The van der Waals surface area contributed by atoms with Crippen LogP contribution in [0.2, 0.25) is 0 Å². The van der Waals surface area contributed by atoms with E-state index in [2.05, 4.69) is 11.8 Å². The normalized spacial score (nSPS) is 26.0. The third-order valence-electron chi connectivity index (χ3n) is 5.44. The van der Waals surface area contributed by atoms with Gasteiger partial charge < -0.3 is 9.84 Å². The maximum Gasteiger partial charge on any atom is 0.414 e. The third-order valence-corrected chi connectivity index (χ3v) is 7.42. The van der Waals surface area contributed by atoms with Gasteiger partial charge in [-0.2, -0.15) is 0 Å². The molecule has 29 heavy (non-hydrogen) atoms. The molecule has 2 atom stereocenters. The number of hydrogen-bond acceptors (Lipinski definition) is 5. The van der Waals surface area contributed by atoms with Crippen molar-refractivity contribution in [1.82, 2.24) is 0 Å². The number of ether oxygens (including phenoxy) is 1. The van der Waals surface area contributed by atoms with Crippen molar-refractivity contribution in [3.05, 3.63) is 29.8 Å². The number of halogens is 1. The number of sulfone groups is 1. The monoisotopic (exact) mass is 423 g/mol. The first-order chi connectivity index (χ1) is 13.5. The van der Waals surface area contributed by atoms with E-state index in [9.17, 15) is 27.5 Å². The minimum atomic E-state index is -3.92. The van der Waals surface area contributed by atoms with E-state index in [1.54, 1.807) is 24.3 Å². The van der Waals surface area contributed by atoms with Gasteiger partial charge in [0.05, 0.1) is 6.54 Å². The fraction of sp³-hybridized carbons (Fsp3) is 0.500. The number of alkyl halides is 1. The second kappa shape index (κ2) is 7.67. The Morgan fingerprint density at radius 1 is 1.34 bits per heavy atom. The van der Waals surface area contributed by atoms with Crippen LogP contribution in [0.15, 0.2) is 24.3 Å². The van der Waals surface area contributed by atoms with Gasteiger partial charge in [-0.25, -0.2) is 17.6 Å². The van der Waals surface area contributed by atoms with Crippen molar-refractivity contribution in [3.63, 3.8) is 0 Å². The van der Waals surface area contributed by atoms with Crippen LogP contribution < -0.4 is 4.90 Å². The Bertz CT molecular complexity index is 974. The lowest BCUT2D eigenvalue weighted by atomic mass is 9.84. The number of hydrogen-bond donors (Lipinski definition) is 1. The van der Waals surface area contributed by atoms with Gasteiger partial charge in [0, 0.05) is 29.8 Å². The van der Waals surface area contributed by atoms with Crippen LogP contribution in [-0.4, -0.2) is 55.4 Å². The summed E-state index contributed by atoms with van der Waals surface area (Å²) in [5.74, 6) is 4.59. The number of nitrogens with zero attached hydrogens (tertiary/aromatic N) is 1. The summed E-state index contributed by atoms with van der Waals surface area (Å²) in [4.78, 5) is 25.0. The van der Waals surface area contributed by atoms with Crippen molar-refractivity contribution in [2.75, 3.05) is 17.7 Å². The van der Waals surface area contributed by atoms with Crippen LogP contribution in [0.25, 0.3) is 0 Å². The van der Waals surface area contributed by atoms with Crippen molar-refractivity contribution in [1.29, 1.82) is 0 Å². The third kappa shape index (κ3) is 4.37. The predicted octanol–water partition coefficient (Wildman–Crippen LogP) is 2.39. The van der Waals surface area contributed by atoms with Crippen molar-refractivity contribution in [2.24, 2.45) is 5.92 Å². The van der Waals surface area contributed by atoms with Crippen LogP contribution in [0.3, 0.4) is 0 Å². The number of cyclic esters (lactones) is 1. The molecule has 1 heterocycles. The molecular weight excluding hydrogens is 401 g/mol. The van der Waals surface area contributed by atoms with Crippen LogP contribution in [0.4, 0.5) is 14.9 Å². The number of rotatable bonds is 5. The molecule has 2 aliphatic rings. The molecule has 1 aromatic carbocycles. The highest BCUT2D eigenvalue weighted by Gasteiger charge is 2.48. The van der Waals surface area contributed by atoms with Crippen LogP contribution in [0.1, 0.15) is 31.7 Å². The van der Waals surface area contributed by atoms with E-state index in [4.69, 9.17) is 4.74 Å². The van der Waals surface area contributed by atoms with Crippen LogP contribution in [0, 0.1) is 17.8 Å². The largest absolute Gasteiger partial charge is 0.480 e. The summed E-state index contributed by atoms with van der Waals surface area (Å²) in [7, 11) is -3.92. The van der Waals surface area contributed by atoms with Gasteiger partial charge in [0.2, 0.25) is 0 Å². The van der Waals surface area contributed by atoms with E-state index in [-0.39, 0.29) is 18.9 Å². The number of carboxylic acid groups (broad SMARTS) is 1. The Morgan fingerprint density at radius 2 is 1.97 bits per heavy atom. The van der Waals surface area contributed by atoms with E-state index in [1.807, 2.05) is 0 Å². The zero-order valence-corrected chi connectivity index (χ0v) is 16.9. The van der Waals surface area contributed by atoms with Gasteiger partial charge in [-0.1, -0.05) is 11.8 Å². The standard InChI is InChI=1S/C20H22FNO6S/c1-20(18(23)24,29(2,26)27)11-17-12-22(19(25)28-17)16-7-5-13(6-8-16)3-4-14-9-15(21)10-14/h5-8,14-15,17H,9-12H2,1-2H3,(H,23,24). The smallest absolute Gasteiger partial charge is 0.414 e. The molecular formula is C20H22FNO6S. The fourth-order valence-corrected chi connectivity index (χ4v) is 4.05. The van der Waals surface area contributed by atoms with E-state index < -0.39 is 38.9 Å². The molecule has 7 nitrogen and oxygen atoms in total. The highest BCUT2D eigenvalue weighted by molar-refractivity contribution is 7.92. The topological polar surface area (TPSA) is 101 Å². The summed E-state index contributed by atoms with van der Waals surface area (Å²) in [5, 5.41) is 9.37. The molecule has 156 valence electrons. The number of anilines is 1. The van der Waals surface area contributed by atoms with Gasteiger partial charge in [0.25, 0.3) is 0 Å². The number of carbonyl (C=O) groups excluding carboxylic acids is 1. The average Bonchev–Trinajstić information content (AvgIpc) is 2.97. The van der Waals surface area contributed by atoms with Crippen LogP contribution in [0.5, 0.6) is 0 Å². The Balaban J connectivity index is 1.68. The Kier molecular flexibility index (Phi) is 5.59. The van der Waals surface area contributed by atoms with Crippen LogP contribution >= 0.6 is 0 Å². The molecule has 2 fully saturated rings. The molecule has 9 heteroatoms. The first-order valence-electron chi connectivity index (χ1n) is 9.16. The van der Waals surface area contributed by atoms with Crippen molar-refractivity contribution in [2.45, 2.75) is 43.2 Å². The lowest BCUT2D eigenvalue weighted by molar-refractivity contribution is -0.140. The SMILES string of the molecule is CC(CC1CN(c2ccc(C#CC3CC(F)C3)cc2)C(=O)O1)(C(=O)O)S(C)(=O)=O. The molecule has 0 bridgehead atoms. The van der Waals surface area contributed by atoms with Gasteiger partial charge in [0.15, 0.2) is 14.6 Å². The minimum absolute atomic E-state index is 0.0439. The van der Waals surface area contributed by atoms with Crippen molar-refractivity contribution >= 4 is 27.6 Å². The second-order valence-corrected chi connectivity index (χ2v) is 10.2. The molecule has 1 amide bonds. The molecule has 2 unspecified atom stereocenters. The molecule has 3 rings (SSSR count). The number of benzene rings is 1. The van der Waals surface area contributed by atoms with Gasteiger partial charge in [0.1, 0.15) is 12.3 Å². The van der Waals surface area contributed by atoms with Gasteiger partial charge in [-0.05, 0) is 44.0 Å². The molecule has 1 aliphatic heterocycles. The highest BCUT2D eigenvalue weighted by Crippen LogP contribution is 2.31. The highest BCUT2D eigenvalue weighted by atomic mass is 32.2. The number of amides is 1. The summed E-state index contributed by atoms with van der Waals surface area (Å²) in [6, 6.07) is 6.82. The zero-order valence-electron chi connectivity index (χ0n) is 16.1. The number of aliphatic carboxylic acids is 1. The Morgan fingerprint density at radius 3 is 2.48 bits per heavy atom. The molecule has 1 aromatic rings. The average molecular weight is 423 g/mol. The molecule has 1 aliphatic carbocycles. The molecule has 1 saturated carbocycles. The van der Waals surface area contributed by atoms with Crippen molar-refractivity contribution in [3.8, 4) is 11.8 Å². The quantitative estimate of drug-likeness (QED) is 0.730. The summed E-state index contributed by atoms with van der Waals surface area (Å²) >= 11 is 0. The maximum absolute atomic E-state index is 12.8. The van der Waals surface area contributed by atoms with E-state index in [0.29, 0.717) is 18.5 Å². The molecule has 1 N–H and O–H groups in total. The van der Waals surface area contributed by atoms with Crippen molar-refractivity contribution < 1.29 is 32.2 Å². The fourth-order valence-electron chi connectivity index (χ4n) is 3.25. The lowest BCUT2D eigenvalue weighted by Gasteiger charge is -2.24. The Hall–Kier alpha value is -2.60. The van der Waals surface area contributed by atoms with E-state index >= 15 is 0 Å². The second-order valence-electron chi connectivity index (χ2n) is 7.71. The zero-order chi connectivity index (χ0) is 21.4. The molecule has 0 radical (unpaired) electrons. The molecule has 1 saturated heterocycles. The molecule has 0 spiro atoms.